The molecule has 0 bridgehead atoms. The molecule has 0 aliphatic rings. The summed E-state index contributed by atoms with van der Waals surface area (Å²) in [5.74, 6) is -0.357. The minimum atomic E-state index is -0.513. The van der Waals surface area contributed by atoms with Gasteiger partial charge in [0.2, 0.25) is 0 Å². The third-order valence-corrected chi connectivity index (χ3v) is 1.44. The number of esters is 1. The van der Waals surface area contributed by atoms with E-state index < -0.39 is 6.10 Å². The largest absolute Gasteiger partial charge is 0.467 e. The SMILES string of the molecule is COC(=O)C(C)OCCOC(C)C. The Morgan fingerprint density at radius 3 is 2.15 bits per heavy atom. The molecule has 0 aromatic rings. The highest BCUT2D eigenvalue weighted by Crippen LogP contribution is 1.94. The number of ether oxygens (including phenoxy) is 3. The average molecular weight is 190 g/mol. The molecule has 1 unspecified atom stereocenters. The molecular formula is C9H18O4. The maximum absolute atomic E-state index is 10.9. The fraction of sp³-hybridized carbons (Fsp3) is 0.889. The molecule has 0 heterocycles. The molecule has 78 valence electrons. The fourth-order valence-electron chi connectivity index (χ4n) is 0.743. The molecule has 13 heavy (non-hydrogen) atoms. The molecule has 4 nitrogen and oxygen atoms in total. The summed E-state index contributed by atoms with van der Waals surface area (Å²) in [5.41, 5.74) is 0. The number of carbonyl (C=O) groups excluding carboxylic acids is 1. The predicted octanol–water partition coefficient (Wildman–Crippen LogP) is 0.989. The third-order valence-electron chi connectivity index (χ3n) is 1.44. The minimum absolute atomic E-state index is 0.192. The van der Waals surface area contributed by atoms with Crippen LogP contribution in [0.3, 0.4) is 0 Å². The van der Waals surface area contributed by atoms with E-state index in [0.717, 1.165) is 0 Å². The van der Waals surface area contributed by atoms with Crippen molar-refractivity contribution in [2.24, 2.45) is 0 Å². The van der Waals surface area contributed by atoms with Gasteiger partial charge in [-0.25, -0.2) is 4.79 Å². The number of hydrogen-bond donors (Lipinski definition) is 0. The van der Waals surface area contributed by atoms with E-state index in [1.807, 2.05) is 13.8 Å². The zero-order valence-corrected chi connectivity index (χ0v) is 8.70. The maximum Gasteiger partial charge on any atom is 0.334 e. The fourth-order valence-corrected chi connectivity index (χ4v) is 0.743. The Balaban J connectivity index is 3.37. The molecule has 0 spiro atoms. The van der Waals surface area contributed by atoms with E-state index in [-0.39, 0.29) is 12.1 Å². The summed E-state index contributed by atoms with van der Waals surface area (Å²) in [6, 6.07) is 0. The molecule has 4 heteroatoms. The monoisotopic (exact) mass is 190 g/mol. The lowest BCUT2D eigenvalue weighted by Crippen LogP contribution is -2.24. The molecule has 0 saturated heterocycles. The summed E-state index contributed by atoms with van der Waals surface area (Å²) >= 11 is 0. The molecule has 0 N–H and O–H groups in total. The van der Waals surface area contributed by atoms with E-state index >= 15 is 0 Å². The first-order valence-electron chi connectivity index (χ1n) is 4.39. The second-order valence-corrected chi connectivity index (χ2v) is 2.96. The normalized spacial score (nSPS) is 13.0. The van der Waals surface area contributed by atoms with Crippen molar-refractivity contribution in [3.8, 4) is 0 Å². The first-order valence-corrected chi connectivity index (χ1v) is 4.39. The van der Waals surface area contributed by atoms with Gasteiger partial charge in [-0.15, -0.1) is 0 Å². The van der Waals surface area contributed by atoms with Gasteiger partial charge in [-0.2, -0.15) is 0 Å². The van der Waals surface area contributed by atoms with Crippen molar-refractivity contribution in [1.29, 1.82) is 0 Å². The topological polar surface area (TPSA) is 44.8 Å². The summed E-state index contributed by atoms with van der Waals surface area (Å²) in [7, 11) is 1.34. The minimum Gasteiger partial charge on any atom is -0.467 e. The van der Waals surface area contributed by atoms with Crippen LogP contribution in [0.4, 0.5) is 0 Å². The van der Waals surface area contributed by atoms with Crippen LogP contribution in [-0.4, -0.2) is 38.5 Å². The summed E-state index contributed by atoms with van der Waals surface area (Å²) in [5, 5.41) is 0. The standard InChI is InChI=1S/C9H18O4/c1-7(2)12-5-6-13-8(3)9(10)11-4/h7-8H,5-6H2,1-4H3. The second kappa shape index (κ2) is 6.86. The molecule has 0 aromatic heterocycles. The van der Waals surface area contributed by atoms with E-state index in [9.17, 15) is 4.79 Å². The van der Waals surface area contributed by atoms with Crippen molar-refractivity contribution in [3.05, 3.63) is 0 Å². The molecule has 0 aromatic carbocycles. The summed E-state index contributed by atoms with van der Waals surface area (Å²) in [4.78, 5) is 10.9. The van der Waals surface area contributed by atoms with Gasteiger partial charge in [-0.1, -0.05) is 0 Å². The van der Waals surface area contributed by atoms with Crippen molar-refractivity contribution in [1.82, 2.24) is 0 Å². The van der Waals surface area contributed by atoms with Crippen LogP contribution < -0.4 is 0 Å². The van der Waals surface area contributed by atoms with Gasteiger partial charge in [0.1, 0.15) is 0 Å². The van der Waals surface area contributed by atoms with Gasteiger partial charge < -0.3 is 14.2 Å². The Bertz CT molecular complexity index is 145. The smallest absolute Gasteiger partial charge is 0.334 e. The van der Waals surface area contributed by atoms with E-state index in [4.69, 9.17) is 9.47 Å². The first-order chi connectivity index (χ1) is 6.07. The van der Waals surface area contributed by atoms with Gasteiger partial charge in [0.25, 0.3) is 0 Å². The number of rotatable bonds is 6. The quantitative estimate of drug-likeness (QED) is 0.463. The van der Waals surface area contributed by atoms with Gasteiger partial charge in [0.15, 0.2) is 6.10 Å². The van der Waals surface area contributed by atoms with Crippen molar-refractivity contribution < 1.29 is 19.0 Å². The number of methoxy groups -OCH3 is 1. The van der Waals surface area contributed by atoms with Crippen LogP contribution in [-0.2, 0) is 19.0 Å². The van der Waals surface area contributed by atoms with Crippen LogP contribution in [0.5, 0.6) is 0 Å². The highest BCUT2D eigenvalue weighted by Gasteiger charge is 2.12. The molecular weight excluding hydrogens is 172 g/mol. The van der Waals surface area contributed by atoms with Crippen molar-refractivity contribution in [2.75, 3.05) is 20.3 Å². The van der Waals surface area contributed by atoms with Crippen LogP contribution in [0.15, 0.2) is 0 Å². The predicted molar refractivity (Wildman–Crippen MR) is 48.5 cm³/mol. The van der Waals surface area contributed by atoms with Crippen molar-refractivity contribution >= 4 is 5.97 Å². The van der Waals surface area contributed by atoms with Crippen LogP contribution in [0, 0.1) is 0 Å². The van der Waals surface area contributed by atoms with Crippen molar-refractivity contribution in [3.63, 3.8) is 0 Å². The van der Waals surface area contributed by atoms with E-state index in [2.05, 4.69) is 4.74 Å². The Kier molecular flexibility index (Phi) is 6.54. The van der Waals surface area contributed by atoms with Crippen LogP contribution in [0.1, 0.15) is 20.8 Å². The lowest BCUT2D eigenvalue weighted by molar-refractivity contribution is -0.153. The summed E-state index contributed by atoms with van der Waals surface area (Å²) in [6.07, 6.45) is -0.321. The van der Waals surface area contributed by atoms with Gasteiger partial charge in [-0.3, -0.25) is 0 Å². The first kappa shape index (κ1) is 12.4. The van der Waals surface area contributed by atoms with Gasteiger partial charge in [0.05, 0.1) is 26.4 Å². The Morgan fingerprint density at radius 2 is 1.69 bits per heavy atom. The lowest BCUT2D eigenvalue weighted by Gasteiger charge is -2.11. The highest BCUT2D eigenvalue weighted by atomic mass is 16.6. The van der Waals surface area contributed by atoms with Gasteiger partial charge >= 0.3 is 5.97 Å². The zero-order chi connectivity index (χ0) is 10.3. The third kappa shape index (κ3) is 6.54. The molecule has 0 rings (SSSR count). The zero-order valence-electron chi connectivity index (χ0n) is 8.70. The molecule has 0 saturated carbocycles. The van der Waals surface area contributed by atoms with Crippen LogP contribution >= 0.6 is 0 Å². The van der Waals surface area contributed by atoms with Crippen molar-refractivity contribution in [2.45, 2.75) is 33.0 Å². The molecule has 0 radical (unpaired) electrons. The Morgan fingerprint density at radius 1 is 1.15 bits per heavy atom. The van der Waals surface area contributed by atoms with Crippen LogP contribution in [0.25, 0.3) is 0 Å². The van der Waals surface area contributed by atoms with E-state index in [0.29, 0.717) is 13.2 Å². The van der Waals surface area contributed by atoms with Crippen LogP contribution in [0.2, 0.25) is 0 Å². The van der Waals surface area contributed by atoms with E-state index in [1.54, 1.807) is 6.92 Å². The molecule has 0 fully saturated rings. The molecule has 0 amide bonds. The average Bonchev–Trinajstić information content (AvgIpc) is 2.10. The molecule has 0 aliphatic carbocycles. The number of carbonyl (C=O) groups is 1. The van der Waals surface area contributed by atoms with E-state index in [1.165, 1.54) is 7.11 Å². The van der Waals surface area contributed by atoms with Gasteiger partial charge in [-0.05, 0) is 20.8 Å². The molecule has 1 atom stereocenters. The summed E-state index contributed by atoms with van der Waals surface area (Å²) < 4.78 is 14.9. The Hall–Kier alpha value is -0.610. The lowest BCUT2D eigenvalue weighted by atomic mass is 10.4. The Labute approximate surface area is 79.2 Å². The maximum atomic E-state index is 10.9. The molecule has 0 aliphatic heterocycles. The second-order valence-electron chi connectivity index (χ2n) is 2.96. The van der Waals surface area contributed by atoms with Gasteiger partial charge in [0, 0.05) is 0 Å². The highest BCUT2D eigenvalue weighted by molar-refractivity contribution is 5.73. The number of hydrogen-bond acceptors (Lipinski definition) is 4. The summed E-state index contributed by atoms with van der Waals surface area (Å²) in [6.45, 7) is 6.46.